The standard InChI is InChI=1S/C16H22N2O6S/c1-4-18(2)16(20)23-12-6-7-13-11(10-17-14(13)9-12)5-8-15(19)24-25(3,21)22/h6-7,9,11,17H,4-5,8,10H2,1-3H3. The van der Waals surface area contributed by atoms with Crippen molar-refractivity contribution in [1.82, 2.24) is 4.90 Å². The highest BCUT2D eigenvalue weighted by Crippen LogP contribution is 2.36. The Balaban J connectivity index is 1.97. The van der Waals surface area contributed by atoms with E-state index in [1.165, 1.54) is 4.90 Å². The second-order valence-corrected chi connectivity index (χ2v) is 7.48. The molecule has 1 heterocycles. The van der Waals surface area contributed by atoms with Crippen molar-refractivity contribution in [2.45, 2.75) is 25.7 Å². The first-order valence-electron chi connectivity index (χ1n) is 7.92. The smallest absolute Gasteiger partial charge is 0.410 e. The summed E-state index contributed by atoms with van der Waals surface area (Å²) < 4.78 is 31.5. The van der Waals surface area contributed by atoms with Gasteiger partial charge >= 0.3 is 22.2 Å². The average molecular weight is 370 g/mol. The Kier molecular flexibility index (Phi) is 5.89. The summed E-state index contributed by atoms with van der Waals surface area (Å²) in [6.45, 7) is 3.02. The number of nitrogens with zero attached hydrogens (tertiary/aromatic N) is 1. The van der Waals surface area contributed by atoms with Crippen molar-refractivity contribution in [3.05, 3.63) is 23.8 Å². The van der Waals surface area contributed by atoms with E-state index in [0.717, 1.165) is 17.5 Å². The summed E-state index contributed by atoms with van der Waals surface area (Å²) in [6, 6.07) is 5.29. The number of carbonyl (C=O) groups is 2. The summed E-state index contributed by atoms with van der Waals surface area (Å²) in [7, 11) is -2.12. The van der Waals surface area contributed by atoms with Crippen LogP contribution in [0.1, 0.15) is 31.2 Å². The molecule has 0 aromatic heterocycles. The van der Waals surface area contributed by atoms with Gasteiger partial charge in [0.25, 0.3) is 0 Å². The van der Waals surface area contributed by atoms with Gasteiger partial charge in [0.1, 0.15) is 5.75 Å². The molecule has 1 aromatic rings. The molecule has 1 aliphatic heterocycles. The highest BCUT2D eigenvalue weighted by molar-refractivity contribution is 7.86. The lowest BCUT2D eigenvalue weighted by Gasteiger charge is -2.15. The molecule has 0 radical (unpaired) electrons. The molecule has 1 aromatic carbocycles. The lowest BCUT2D eigenvalue weighted by atomic mass is 9.96. The highest BCUT2D eigenvalue weighted by Gasteiger charge is 2.24. The number of benzene rings is 1. The first kappa shape index (κ1) is 19.0. The van der Waals surface area contributed by atoms with E-state index in [9.17, 15) is 18.0 Å². The van der Waals surface area contributed by atoms with Crippen LogP contribution in [0.4, 0.5) is 10.5 Å². The van der Waals surface area contributed by atoms with Gasteiger partial charge in [-0.2, -0.15) is 8.42 Å². The number of nitrogens with one attached hydrogen (secondary N) is 1. The normalized spacial score (nSPS) is 15.9. The summed E-state index contributed by atoms with van der Waals surface area (Å²) >= 11 is 0. The van der Waals surface area contributed by atoms with Crippen molar-refractivity contribution in [2.24, 2.45) is 0 Å². The van der Waals surface area contributed by atoms with Gasteiger partial charge in [-0.3, -0.25) is 4.79 Å². The van der Waals surface area contributed by atoms with Gasteiger partial charge in [0.05, 0.1) is 6.26 Å². The van der Waals surface area contributed by atoms with Gasteiger partial charge < -0.3 is 19.1 Å². The molecule has 1 unspecified atom stereocenters. The van der Waals surface area contributed by atoms with Crippen LogP contribution in [0.5, 0.6) is 5.75 Å². The molecule has 25 heavy (non-hydrogen) atoms. The third-order valence-corrected chi connectivity index (χ3v) is 4.42. The minimum Gasteiger partial charge on any atom is -0.410 e. The van der Waals surface area contributed by atoms with E-state index in [1.807, 2.05) is 13.0 Å². The monoisotopic (exact) mass is 370 g/mol. The Hall–Kier alpha value is -2.29. The predicted octanol–water partition coefficient (Wildman–Crippen LogP) is 1.93. The fraction of sp³-hybridized carbons (Fsp3) is 0.500. The van der Waals surface area contributed by atoms with Gasteiger partial charge in [-0.1, -0.05) is 6.07 Å². The van der Waals surface area contributed by atoms with Crippen LogP contribution in [-0.2, 0) is 19.1 Å². The van der Waals surface area contributed by atoms with Crippen LogP contribution in [0.2, 0.25) is 0 Å². The van der Waals surface area contributed by atoms with Gasteiger partial charge in [-0.15, -0.1) is 0 Å². The Morgan fingerprint density at radius 3 is 2.72 bits per heavy atom. The molecule has 138 valence electrons. The zero-order valence-electron chi connectivity index (χ0n) is 14.4. The summed E-state index contributed by atoms with van der Waals surface area (Å²) in [5.41, 5.74) is 1.83. The van der Waals surface area contributed by atoms with E-state index in [1.54, 1.807) is 19.2 Å². The largest absolute Gasteiger partial charge is 0.414 e. The van der Waals surface area contributed by atoms with E-state index >= 15 is 0 Å². The van der Waals surface area contributed by atoms with Gasteiger partial charge in [0, 0.05) is 44.2 Å². The molecule has 0 spiro atoms. The zero-order chi connectivity index (χ0) is 18.6. The fourth-order valence-corrected chi connectivity index (χ4v) is 2.94. The molecule has 1 atom stereocenters. The van der Waals surface area contributed by atoms with Gasteiger partial charge in [-0.25, -0.2) is 4.79 Å². The van der Waals surface area contributed by atoms with Crippen LogP contribution in [-0.4, -0.2) is 51.8 Å². The number of fused-ring (bicyclic) bond motifs is 1. The minimum atomic E-state index is -3.77. The van der Waals surface area contributed by atoms with E-state index in [-0.39, 0.29) is 12.3 Å². The van der Waals surface area contributed by atoms with Crippen molar-refractivity contribution in [1.29, 1.82) is 0 Å². The fourth-order valence-electron chi connectivity index (χ4n) is 2.52. The molecule has 2 rings (SSSR count). The highest BCUT2D eigenvalue weighted by atomic mass is 32.2. The second-order valence-electron chi connectivity index (χ2n) is 5.91. The number of hydrogen-bond acceptors (Lipinski definition) is 7. The Bertz CT molecular complexity index is 762. The third-order valence-electron chi connectivity index (χ3n) is 3.94. The Labute approximate surface area is 147 Å². The van der Waals surface area contributed by atoms with Crippen LogP contribution >= 0.6 is 0 Å². The number of rotatable bonds is 6. The van der Waals surface area contributed by atoms with E-state index in [4.69, 9.17) is 4.74 Å². The average Bonchev–Trinajstić information content (AvgIpc) is 2.92. The molecule has 0 aliphatic carbocycles. The lowest BCUT2D eigenvalue weighted by Crippen LogP contribution is -2.29. The minimum absolute atomic E-state index is 0.0108. The molecule has 0 saturated carbocycles. The molecule has 0 saturated heterocycles. The van der Waals surface area contributed by atoms with Gasteiger partial charge in [0.15, 0.2) is 0 Å². The van der Waals surface area contributed by atoms with E-state index in [2.05, 4.69) is 9.50 Å². The number of carbonyl (C=O) groups excluding carboxylic acids is 2. The second kappa shape index (κ2) is 7.73. The molecule has 0 bridgehead atoms. The molecule has 1 amide bonds. The first-order chi connectivity index (χ1) is 11.7. The quantitative estimate of drug-likeness (QED) is 0.763. The maximum absolute atomic E-state index is 11.8. The summed E-state index contributed by atoms with van der Waals surface area (Å²) in [5, 5.41) is 3.20. The van der Waals surface area contributed by atoms with E-state index in [0.29, 0.717) is 25.3 Å². The predicted molar refractivity (Wildman–Crippen MR) is 92.2 cm³/mol. The SMILES string of the molecule is CCN(C)C(=O)Oc1ccc2c(c1)NCC2CCC(=O)OS(C)(=O)=O. The summed E-state index contributed by atoms with van der Waals surface area (Å²) in [5.74, 6) is -0.261. The van der Waals surface area contributed by atoms with Crippen LogP contribution in [0.15, 0.2) is 18.2 Å². The molecule has 1 aliphatic rings. The first-order valence-corrected chi connectivity index (χ1v) is 9.74. The molecular weight excluding hydrogens is 348 g/mol. The van der Waals surface area contributed by atoms with Crippen molar-refractivity contribution in [2.75, 3.05) is 31.7 Å². The molecule has 8 nitrogen and oxygen atoms in total. The molecular formula is C16H22N2O6S. The van der Waals surface area contributed by atoms with Crippen molar-refractivity contribution in [3.63, 3.8) is 0 Å². The third kappa shape index (κ3) is 5.35. The van der Waals surface area contributed by atoms with Gasteiger partial charge in [0.2, 0.25) is 0 Å². The zero-order valence-corrected chi connectivity index (χ0v) is 15.3. The maximum Gasteiger partial charge on any atom is 0.414 e. The van der Waals surface area contributed by atoms with Crippen molar-refractivity contribution >= 4 is 27.9 Å². The number of ether oxygens (including phenoxy) is 1. The van der Waals surface area contributed by atoms with E-state index < -0.39 is 22.2 Å². The topological polar surface area (TPSA) is 102 Å². The summed E-state index contributed by atoms with van der Waals surface area (Å²) in [4.78, 5) is 24.7. The van der Waals surface area contributed by atoms with Crippen molar-refractivity contribution in [3.8, 4) is 5.75 Å². The van der Waals surface area contributed by atoms with Crippen molar-refractivity contribution < 1.29 is 26.9 Å². The van der Waals surface area contributed by atoms with Gasteiger partial charge in [-0.05, 0) is 25.0 Å². The Morgan fingerprint density at radius 1 is 1.36 bits per heavy atom. The number of hydrogen-bond donors (Lipinski definition) is 1. The molecule has 0 fully saturated rings. The summed E-state index contributed by atoms with van der Waals surface area (Å²) in [6.07, 6.45) is 0.888. The molecule has 1 N–H and O–H groups in total. The number of amides is 1. The lowest BCUT2D eigenvalue weighted by molar-refractivity contribution is -0.133. The van der Waals surface area contributed by atoms with Crippen LogP contribution in [0, 0.1) is 0 Å². The molecule has 9 heteroatoms. The van der Waals surface area contributed by atoms with Crippen LogP contribution in [0.25, 0.3) is 0 Å². The maximum atomic E-state index is 11.8. The number of anilines is 1. The van der Waals surface area contributed by atoms with Crippen LogP contribution < -0.4 is 10.1 Å². The Morgan fingerprint density at radius 2 is 2.08 bits per heavy atom. The van der Waals surface area contributed by atoms with Crippen LogP contribution in [0.3, 0.4) is 0 Å².